The summed E-state index contributed by atoms with van der Waals surface area (Å²) in [5.74, 6) is -1.03. The van der Waals surface area contributed by atoms with E-state index in [-0.39, 0.29) is 36.6 Å². The van der Waals surface area contributed by atoms with Gasteiger partial charge in [0.1, 0.15) is 10.0 Å². The number of ketones is 1. The van der Waals surface area contributed by atoms with Crippen molar-refractivity contribution in [1.82, 2.24) is 9.29 Å². The molecule has 4 rings (SSSR count). The molecule has 0 spiro atoms. The lowest BCUT2D eigenvalue weighted by Crippen LogP contribution is -2.34. The summed E-state index contributed by atoms with van der Waals surface area (Å²) in [6, 6.07) is 10.0. The number of Topliss-reactive ketones (excluding diaryl/α,β-unsaturated/α-hetero) is 1. The lowest BCUT2D eigenvalue weighted by Gasteiger charge is -2.14. The molecule has 0 fully saturated rings. The number of fused-ring (bicyclic) bond motifs is 1. The van der Waals surface area contributed by atoms with Crippen LogP contribution in [0.1, 0.15) is 17.3 Å². The number of carbonyl (C=O) groups is 2. The zero-order chi connectivity index (χ0) is 26.2. The highest BCUT2D eigenvalue weighted by Gasteiger charge is 2.21. The molecular weight excluding hydrogens is 531 g/mol. The molecular formula is C23H18ClFN4O5S2. The van der Waals surface area contributed by atoms with Gasteiger partial charge in [-0.3, -0.25) is 14.2 Å². The number of anilines is 2. The van der Waals surface area contributed by atoms with Crippen molar-refractivity contribution in [3.05, 3.63) is 80.8 Å². The minimum atomic E-state index is -4.17. The number of nitrogens with zero attached hydrogens (tertiary/aromatic N) is 1. The Balaban J connectivity index is 1.67. The monoisotopic (exact) mass is 548 g/mol. The molecule has 186 valence electrons. The Morgan fingerprint density at radius 3 is 2.44 bits per heavy atom. The topological polar surface area (TPSA) is 126 Å². The van der Waals surface area contributed by atoms with Crippen LogP contribution in [0, 0.1) is 5.82 Å². The van der Waals surface area contributed by atoms with E-state index in [0.29, 0.717) is 5.39 Å². The van der Waals surface area contributed by atoms with E-state index in [9.17, 15) is 27.2 Å². The summed E-state index contributed by atoms with van der Waals surface area (Å²) in [7, 11) is -2.60. The second-order valence-electron chi connectivity index (χ2n) is 7.56. The first-order chi connectivity index (χ1) is 17.0. The van der Waals surface area contributed by atoms with E-state index in [1.165, 1.54) is 54.1 Å². The third-order valence-corrected chi connectivity index (χ3v) is 8.26. The maximum absolute atomic E-state index is 14.3. The predicted molar refractivity (Wildman–Crippen MR) is 138 cm³/mol. The number of aromatic nitrogens is 1. The molecule has 4 aromatic rings. The van der Waals surface area contributed by atoms with E-state index in [1.807, 2.05) is 4.72 Å². The molecule has 0 radical (unpaired) electrons. The summed E-state index contributed by atoms with van der Waals surface area (Å²) in [6.07, 6.45) is 1.49. The van der Waals surface area contributed by atoms with Crippen molar-refractivity contribution in [2.24, 2.45) is 0 Å². The number of carbonyl (C=O) groups excluding carboxylic acids is 2. The first-order valence-corrected chi connectivity index (χ1v) is 12.9. The van der Waals surface area contributed by atoms with Gasteiger partial charge in [-0.2, -0.15) is 0 Å². The number of urea groups is 1. The number of rotatable bonds is 6. The Morgan fingerprint density at radius 1 is 1.06 bits per heavy atom. The van der Waals surface area contributed by atoms with Crippen LogP contribution in [-0.2, 0) is 10.0 Å². The zero-order valence-electron chi connectivity index (χ0n) is 18.8. The predicted octanol–water partition coefficient (Wildman–Crippen LogP) is 4.60. The average molecular weight is 549 g/mol. The van der Waals surface area contributed by atoms with Gasteiger partial charge in [0.2, 0.25) is 0 Å². The molecule has 0 unspecified atom stereocenters. The highest BCUT2D eigenvalue weighted by atomic mass is 35.5. The summed E-state index contributed by atoms with van der Waals surface area (Å²) >= 11 is 6.54. The molecule has 9 nitrogen and oxygen atoms in total. The van der Waals surface area contributed by atoms with E-state index in [4.69, 9.17) is 11.6 Å². The molecule has 0 aliphatic rings. The Bertz CT molecular complexity index is 1700. The number of nitrogens with one attached hydrogen (secondary N) is 3. The number of amides is 2. The number of benzene rings is 2. The summed E-state index contributed by atoms with van der Waals surface area (Å²) < 4.78 is 42.1. The first kappa shape index (κ1) is 25.4. The van der Waals surface area contributed by atoms with Gasteiger partial charge in [0, 0.05) is 24.5 Å². The lowest BCUT2D eigenvalue weighted by molar-refractivity contribution is 0.101. The van der Waals surface area contributed by atoms with E-state index in [2.05, 4.69) is 10.6 Å². The van der Waals surface area contributed by atoms with Crippen LogP contribution in [0.4, 0.5) is 20.6 Å². The van der Waals surface area contributed by atoms with Crippen LogP contribution in [0.15, 0.2) is 63.7 Å². The standard InChI is InChI=1S/C23H18ClFN4O5S2/c1-12(30)15-10-14(29-8-7-13-9-19(26-2)17(25)11-16(13)22(29)31)3-4-18(15)27-23(32)28-36(33,34)21-6-5-20(24)35-21/h3-11,26H,1-2H3,(H2,27,28,32). The fourth-order valence-corrected chi connectivity index (χ4v) is 5.89. The molecule has 0 atom stereocenters. The Hall–Kier alpha value is -3.74. The van der Waals surface area contributed by atoms with Crippen LogP contribution in [-0.4, -0.2) is 31.8 Å². The number of halogens is 2. The zero-order valence-corrected chi connectivity index (χ0v) is 21.1. The molecule has 0 saturated heterocycles. The molecule has 36 heavy (non-hydrogen) atoms. The second kappa shape index (κ2) is 9.72. The fourth-order valence-electron chi connectivity index (χ4n) is 3.50. The van der Waals surface area contributed by atoms with Crippen LogP contribution in [0.25, 0.3) is 16.5 Å². The van der Waals surface area contributed by atoms with Gasteiger partial charge in [-0.1, -0.05) is 11.6 Å². The van der Waals surface area contributed by atoms with Crippen molar-refractivity contribution in [3.63, 3.8) is 0 Å². The second-order valence-corrected chi connectivity index (χ2v) is 11.2. The molecule has 3 N–H and O–H groups in total. The molecule has 2 aromatic heterocycles. The van der Waals surface area contributed by atoms with Crippen molar-refractivity contribution in [2.45, 2.75) is 11.1 Å². The molecule has 0 aliphatic carbocycles. The minimum Gasteiger partial charge on any atom is -0.386 e. The molecule has 0 aliphatic heterocycles. The molecule has 2 aromatic carbocycles. The van der Waals surface area contributed by atoms with Gasteiger partial charge < -0.3 is 10.6 Å². The summed E-state index contributed by atoms with van der Waals surface area (Å²) in [4.78, 5) is 37.7. The highest BCUT2D eigenvalue weighted by molar-refractivity contribution is 7.92. The van der Waals surface area contributed by atoms with Crippen molar-refractivity contribution >= 4 is 66.9 Å². The molecule has 0 saturated carbocycles. The molecule has 13 heteroatoms. The first-order valence-electron chi connectivity index (χ1n) is 10.3. The quantitative estimate of drug-likeness (QED) is 0.302. The Labute approximate surface area is 213 Å². The third kappa shape index (κ3) is 4.96. The number of hydrogen-bond donors (Lipinski definition) is 3. The number of hydrogen-bond acceptors (Lipinski definition) is 7. The van der Waals surface area contributed by atoms with Gasteiger partial charge in [0.05, 0.1) is 21.1 Å². The van der Waals surface area contributed by atoms with E-state index in [0.717, 1.165) is 17.4 Å². The van der Waals surface area contributed by atoms with Gasteiger partial charge in [-0.15, -0.1) is 11.3 Å². The average Bonchev–Trinajstić information content (AvgIpc) is 3.26. The van der Waals surface area contributed by atoms with Crippen LogP contribution in [0.5, 0.6) is 0 Å². The normalized spacial score (nSPS) is 11.3. The van der Waals surface area contributed by atoms with Gasteiger partial charge in [-0.25, -0.2) is 22.3 Å². The summed E-state index contributed by atoms with van der Waals surface area (Å²) in [5, 5.41) is 5.72. The molecule has 2 amide bonds. The van der Waals surface area contributed by atoms with Crippen molar-refractivity contribution in [2.75, 3.05) is 17.7 Å². The van der Waals surface area contributed by atoms with Crippen molar-refractivity contribution in [3.8, 4) is 5.69 Å². The highest BCUT2D eigenvalue weighted by Crippen LogP contribution is 2.26. The Kier molecular flexibility index (Phi) is 6.85. The van der Waals surface area contributed by atoms with Crippen LogP contribution < -0.4 is 20.9 Å². The lowest BCUT2D eigenvalue weighted by atomic mass is 10.1. The summed E-state index contributed by atoms with van der Waals surface area (Å²) in [5.41, 5.74) is 0.0840. The minimum absolute atomic E-state index is 0.0294. The fraction of sp³-hybridized carbons (Fsp3) is 0.0870. The number of sulfonamides is 1. The maximum Gasteiger partial charge on any atom is 0.333 e. The van der Waals surface area contributed by atoms with E-state index >= 15 is 0 Å². The van der Waals surface area contributed by atoms with E-state index in [1.54, 1.807) is 13.1 Å². The van der Waals surface area contributed by atoms with Crippen molar-refractivity contribution in [1.29, 1.82) is 0 Å². The smallest absolute Gasteiger partial charge is 0.333 e. The molecule has 0 bridgehead atoms. The molecule has 2 heterocycles. The number of pyridine rings is 1. The maximum atomic E-state index is 14.3. The van der Waals surface area contributed by atoms with Gasteiger partial charge >= 0.3 is 6.03 Å². The van der Waals surface area contributed by atoms with Crippen LogP contribution in [0.2, 0.25) is 4.34 Å². The van der Waals surface area contributed by atoms with E-state index < -0.39 is 33.2 Å². The summed E-state index contributed by atoms with van der Waals surface area (Å²) in [6.45, 7) is 1.25. The third-order valence-electron chi connectivity index (χ3n) is 5.21. The van der Waals surface area contributed by atoms with Crippen molar-refractivity contribution < 1.29 is 22.4 Å². The van der Waals surface area contributed by atoms with Crippen LogP contribution in [0.3, 0.4) is 0 Å². The SMILES string of the molecule is CNc1cc2ccn(-c3ccc(NC(=O)NS(=O)(=O)c4ccc(Cl)s4)c(C(C)=O)c3)c(=O)c2cc1F. The van der Waals surface area contributed by atoms with Crippen LogP contribution >= 0.6 is 22.9 Å². The van der Waals surface area contributed by atoms with Gasteiger partial charge in [-0.05, 0) is 60.8 Å². The van der Waals surface area contributed by atoms with Gasteiger partial charge in [0.25, 0.3) is 15.6 Å². The largest absolute Gasteiger partial charge is 0.386 e. The Morgan fingerprint density at radius 2 is 1.81 bits per heavy atom. The number of thiophene rings is 1. The van der Waals surface area contributed by atoms with Gasteiger partial charge in [0.15, 0.2) is 5.78 Å².